The summed E-state index contributed by atoms with van der Waals surface area (Å²) >= 11 is 0. The van der Waals surface area contributed by atoms with E-state index in [4.69, 9.17) is 5.73 Å². The van der Waals surface area contributed by atoms with E-state index in [2.05, 4.69) is 10.4 Å². The first kappa shape index (κ1) is 13.7. The number of rotatable bonds is 5. The molecule has 6 nitrogen and oxygen atoms in total. The Balaban J connectivity index is 1.99. The fraction of sp³-hybridized carbons (Fsp3) is 0.154. The Labute approximate surface area is 114 Å². The lowest BCUT2D eigenvalue weighted by atomic mass is 10.2. The zero-order valence-electron chi connectivity index (χ0n) is 10.5. The van der Waals surface area contributed by atoms with Gasteiger partial charge in [0.25, 0.3) is 5.91 Å². The second-order valence-electron chi connectivity index (χ2n) is 4.14. The number of primary amides is 1. The van der Waals surface area contributed by atoms with Crippen molar-refractivity contribution in [2.75, 3.05) is 5.32 Å². The van der Waals surface area contributed by atoms with E-state index in [0.29, 0.717) is 12.4 Å². The number of aryl methyl sites for hydroxylation is 1. The minimum atomic E-state index is -0.482. The van der Waals surface area contributed by atoms with Gasteiger partial charge in [0.15, 0.2) is 5.82 Å². The molecule has 0 fully saturated rings. The number of hydrogen-bond acceptors (Lipinski definition) is 3. The van der Waals surface area contributed by atoms with Crippen molar-refractivity contribution in [3.63, 3.8) is 0 Å². The van der Waals surface area contributed by atoms with Gasteiger partial charge in [-0.1, -0.05) is 6.07 Å². The van der Waals surface area contributed by atoms with Crippen LogP contribution in [0.5, 0.6) is 0 Å². The van der Waals surface area contributed by atoms with Crippen LogP contribution in [0.3, 0.4) is 0 Å². The molecule has 20 heavy (non-hydrogen) atoms. The topological polar surface area (TPSA) is 90.0 Å². The van der Waals surface area contributed by atoms with Gasteiger partial charge in [-0.2, -0.15) is 5.10 Å². The molecule has 1 heterocycles. The number of anilines is 1. The summed E-state index contributed by atoms with van der Waals surface area (Å²) in [5.41, 5.74) is 5.24. The van der Waals surface area contributed by atoms with Crippen LogP contribution in [0.15, 0.2) is 36.5 Å². The molecule has 104 valence electrons. The molecule has 1 aromatic carbocycles. The Hall–Kier alpha value is -2.70. The molecule has 0 aliphatic heterocycles. The van der Waals surface area contributed by atoms with E-state index in [-0.39, 0.29) is 12.0 Å². The maximum absolute atomic E-state index is 13.0. The first-order chi connectivity index (χ1) is 9.54. The van der Waals surface area contributed by atoms with Gasteiger partial charge in [-0.3, -0.25) is 14.3 Å². The molecule has 1 aromatic heterocycles. The molecule has 0 unspecified atom stereocenters. The number of hydrogen-bond donors (Lipinski definition) is 2. The Kier molecular flexibility index (Phi) is 4.09. The molecule has 2 rings (SSSR count). The average Bonchev–Trinajstić information content (AvgIpc) is 2.84. The van der Waals surface area contributed by atoms with Crippen LogP contribution in [-0.4, -0.2) is 21.6 Å². The Morgan fingerprint density at radius 3 is 2.85 bits per heavy atom. The van der Waals surface area contributed by atoms with Crippen LogP contribution in [-0.2, 0) is 11.3 Å². The standard InChI is InChI=1S/C13H13FN4O2/c14-10-3-1-2-9(8-10)13(20)16-12-5-7-18(17-12)6-4-11(15)19/h1-3,5,7-8H,4,6H2,(H2,15,19)(H,16,17,20). The van der Waals surface area contributed by atoms with Crippen molar-refractivity contribution in [1.29, 1.82) is 0 Å². The van der Waals surface area contributed by atoms with Gasteiger partial charge < -0.3 is 11.1 Å². The number of amides is 2. The first-order valence-electron chi connectivity index (χ1n) is 5.93. The fourth-order valence-electron chi connectivity index (χ4n) is 1.60. The van der Waals surface area contributed by atoms with E-state index in [1.807, 2.05) is 0 Å². The summed E-state index contributed by atoms with van der Waals surface area (Å²) < 4.78 is 14.5. The van der Waals surface area contributed by atoms with Crippen LogP contribution in [0, 0.1) is 5.82 Å². The van der Waals surface area contributed by atoms with Crippen molar-refractivity contribution in [1.82, 2.24) is 9.78 Å². The van der Waals surface area contributed by atoms with E-state index in [1.165, 1.54) is 22.9 Å². The SMILES string of the molecule is NC(=O)CCn1ccc(NC(=O)c2cccc(F)c2)n1. The minimum Gasteiger partial charge on any atom is -0.370 e. The van der Waals surface area contributed by atoms with Crippen molar-refractivity contribution in [2.24, 2.45) is 5.73 Å². The quantitative estimate of drug-likeness (QED) is 0.858. The van der Waals surface area contributed by atoms with Gasteiger partial charge in [0.2, 0.25) is 5.91 Å². The molecule has 3 N–H and O–H groups in total. The van der Waals surface area contributed by atoms with E-state index >= 15 is 0 Å². The lowest BCUT2D eigenvalue weighted by Gasteiger charge is -2.02. The third-order valence-electron chi connectivity index (χ3n) is 2.56. The zero-order valence-corrected chi connectivity index (χ0v) is 10.5. The van der Waals surface area contributed by atoms with Gasteiger partial charge in [-0.25, -0.2) is 4.39 Å². The number of carbonyl (C=O) groups excluding carboxylic acids is 2. The summed E-state index contributed by atoms with van der Waals surface area (Å²) in [6.45, 7) is 0.338. The Bertz CT molecular complexity index is 639. The van der Waals surface area contributed by atoms with Gasteiger partial charge in [-0.05, 0) is 18.2 Å². The Morgan fingerprint density at radius 1 is 1.35 bits per heavy atom. The first-order valence-corrected chi connectivity index (χ1v) is 5.93. The molecular formula is C13H13FN4O2. The van der Waals surface area contributed by atoms with E-state index in [0.717, 1.165) is 6.07 Å². The molecule has 0 radical (unpaired) electrons. The van der Waals surface area contributed by atoms with E-state index in [9.17, 15) is 14.0 Å². The number of nitrogens with one attached hydrogen (secondary N) is 1. The van der Waals surface area contributed by atoms with Crippen molar-refractivity contribution < 1.29 is 14.0 Å². The highest BCUT2D eigenvalue weighted by Gasteiger charge is 2.08. The van der Waals surface area contributed by atoms with Gasteiger partial charge in [-0.15, -0.1) is 0 Å². The summed E-state index contributed by atoms with van der Waals surface area (Å²) in [4.78, 5) is 22.5. The summed E-state index contributed by atoms with van der Waals surface area (Å²) in [7, 11) is 0. The highest BCUT2D eigenvalue weighted by Crippen LogP contribution is 2.08. The van der Waals surface area contributed by atoms with Crippen molar-refractivity contribution >= 4 is 17.6 Å². The highest BCUT2D eigenvalue weighted by atomic mass is 19.1. The molecule has 0 atom stereocenters. The van der Waals surface area contributed by atoms with Crippen molar-refractivity contribution in [2.45, 2.75) is 13.0 Å². The summed E-state index contributed by atoms with van der Waals surface area (Å²) in [5, 5.41) is 6.59. The van der Waals surface area contributed by atoms with Crippen molar-refractivity contribution in [3.8, 4) is 0 Å². The second kappa shape index (κ2) is 5.96. The summed E-state index contributed by atoms with van der Waals surface area (Å²) in [5.74, 6) is -1.04. The number of nitrogens with zero attached hydrogens (tertiary/aromatic N) is 2. The molecule has 2 aromatic rings. The maximum Gasteiger partial charge on any atom is 0.256 e. The average molecular weight is 276 g/mol. The molecular weight excluding hydrogens is 263 g/mol. The van der Waals surface area contributed by atoms with Crippen LogP contribution in [0.2, 0.25) is 0 Å². The second-order valence-corrected chi connectivity index (χ2v) is 4.14. The van der Waals surface area contributed by atoms with Crippen LogP contribution < -0.4 is 11.1 Å². The monoisotopic (exact) mass is 276 g/mol. The largest absolute Gasteiger partial charge is 0.370 e. The van der Waals surface area contributed by atoms with E-state index in [1.54, 1.807) is 12.3 Å². The molecule has 0 aliphatic rings. The van der Waals surface area contributed by atoms with Gasteiger partial charge in [0, 0.05) is 30.8 Å². The number of nitrogens with two attached hydrogens (primary N) is 1. The third kappa shape index (κ3) is 3.64. The fourth-order valence-corrected chi connectivity index (χ4v) is 1.60. The lowest BCUT2D eigenvalue weighted by Crippen LogP contribution is -2.15. The molecule has 0 saturated carbocycles. The predicted octanol–water partition coefficient (Wildman–Crippen LogP) is 1.15. The highest BCUT2D eigenvalue weighted by molar-refractivity contribution is 6.03. The van der Waals surface area contributed by atoms with Crippen LogP contribution in [0.4, 0.5) is 10.2 Å². The smallest absolute Gasteiger partial charge is 0.256 e. The number of carbonyl (C=O) groups is 2. The maximum atomic E-state index is 13.0. The predicted molar refractivity (Wildman–Crippen MR) is 70.4 cm³/mol. The Morgan fingerprint density at radius 2 is 2.15 bits per heavy atom. The lowest BCUT2D eigenvalue weighted by molar-refractivity contribution is -0.118. The van der Waals surface area contributed by atoms with Gasteiger partial charge >= 0.3 is 0 Å². The van der Waals surface area contributed by atoms with Crippen LogP contribution in [0.1, 0.15) is 16.8 Å². The summed E-state index contributed by atoms with van der Waals surface area (Å²) in [6, 6.07) is 6.94. The molecule has 2 amide bonds. The minimum absolute atomic E-state index is 0.166. The van der Waals surface area contributed by atoms with Crippen LogP contribution >= 0.6 is 0 Å². The third-order valence-corrected chi connectivity index (χ3v) is 2.56. The number of benzene rings is 1. The zero-order chi connectivity index (χ0) is 14.5. The van der Waals surface area contributed by atoms with Gasteiger partial charge in [0.1, 0.15) is 5.82 Å². The number of halogens is 1. The van der Waals surface area contributed by atoms with Crippen LogP contribution in [0.25, 0.3) is 0 Å². The molecule has 0 saturated heterocycles. The van der Waals surface area contributed by atoms with E-state index < -0.39 is 17.6 Å². The van der Waals surface area contributed by atoms with Crippen molar-refractivity contribution in [3.05, 3.63) is 47.9 Å². The molecule has 7 heteroatoms. The van der Waals surface area contributed by atoms with Gasteiger partial charge in [0.05, 0.1) is 0 Å². The molecule has 0 aliphatic carbocycles. The summed E-state index contributed by atoms with van der Waals surface area (Å²) in [6.07, 6.45) is 1.78. The molecule has 0 bridgehead atoms. The molecule has 0 spiro atoms. The normalized spacial score (nSPS) is 10.2. The number of aromatic nitrogens is 2.